The molecule has 0 aliphatic carbocycles. The van der Waals surface area contributed by atoms with Crippen LogP contribution >= 0.6 is 0 Å². The van der Waals surface area contributed by atoms with Crippen LogP contribution < -0.4 is 0 Å². The molecule has 1 heterocycles. The fraction of sp³-hybridized carbons (Fsp3) is 0.100. The molecule has 0 saturated carbocycles. The molecule has 0 N–H and O–H groups in total. The molecule has 0 spiro atoms. The van der Waals surface area contributed by atoms with Gasteiger partial charge in [-0.15, -0.1) is 0 Å². The summed E-state index contributed by atoms with van der Waals surface area (Å²) in [5, 5.41) is 0. The van der Waals surface area contributed by atoms with E-state index in [2.05, 4.69) is 97.0 Å². The Hall–Kier alpha value is -2.54. The summed E-state index contributed by atoms with van der Waals surface area (Å²) in [5.41, 5.74) is 5.02. The summed E-state index contributed by atoms with van der Waals surface area (Å²) >= 11 is 0. The molecule has 2 aromatic rings. The summed E-state index contributed by atoms with van der Waals surface area (Å²) in [5.74, 6) is 0. The lowest BCUT2D eigenvalue weighted by Gasteiger charge is -2.16. The fourth-order valence-electron chi connectivity index (χ4n) is 2.43. The first kappa shape index (κ1) is 13.4. The minimum absolute atomic E-state index is 0.958. The third kappa shape index (κ3) is 3.32. The van der Waals surface area contributed by atoms with Gasteiger partial charge in [0.1, 0.15) is 0 Å². The van der Waals surface area contributed by atoms with E-state index in [-0.39, 0.29) is 0 Å². The van der Waals surface area contributed by atoms with Gasteiger partial charge in [-0.3, -0.25) is 0 Å². The molecule has 21 heavy (non-hydrogen) atoms. The van der Waals surface area contributed by atoms with Crippen molar-refractivity contribution in [1.82, 2.24) is 4.90 Å². The maximum Gasteiger partial charge on any atom is 0.0359 e. The summed E-state index contributed by atoms with van der Waals surface area (Å²) in [6, 6.07) is 21.1. The first-order chi connectivity index (χ1) is 10.3. The lowest BCUT2D eigenvalue weighted by molar-refractivity contribution is 0.503. The molecule has 0 amide bonds. The zero-order valence-corrected chi connectivity index (χ0v) is 12.2. The van der Waals surface area contributed by atoms with Crippen molar-refractivity contribution in [1.29, 1.82) is 0 Å². The van der Waals surface area contributed by atoms with E-state index >= 15 is 0 Å². The average molecular weight is 273 g/mol. The number of benzene rings is 2. The minimum atomic E-state index is 0.958. The zero-order chi connectivity index (χ0) is 14.5. The SMILES string of the molecule is CN1C=CC(C=C(c2ccccc2)c2ccccc2)=CC1. The summed E-state index contributed by atoms with van der Waals surface area (Å²) < 4.78 is 0. The van der Waals surface area contributed by atoms with Crippen LogP contribution in [0.5, 0.6) is 0 Å². The minimum Gasteiger partial charge on any atom is -0.377 e. The number of hydrogen-bond acceptors (Lipinski definition) is 1. The molecule has 0 saturated heterocycles. The molecule has 3 rings (SSSR count). The van der Waals surface area contributed by atoms with Crippen LogP contribution in [0.2, 0.25) is 0 Å². The van der Waals surface area contributed by atoms with Crippen molar-refractivity contribution in [3.63, 3.8) is 0 Å². The largest absolute Gasteiger partial charge is 0.377 e. The highest BCUT2D eigenvalue weighted by molar-refractivity contribution is 5.82. The second-order valence-electron chi connectivity index (χ2n) is 5.25. The van der Waals surface area contributed by atoms with E-state index in [0.29, 0.717) is 0 Å². The van der Waals surface area contributed by atoms with Crippen LogP contribution in [0.25, 0.3) is 5.57 Å². The smallest absolute Gasteiger partial charge is 0.0359 e. The van der Waals surface area contributed by atoms with Crippen molar-refractivity contribution in [2.75, 3.05) is 13.6 Å². The van der Waals surface area contributed by atoms with Gasteiger partial charge in [0.05, 0.1) is 0 Å². The molecule has 1 nitrogen and oxygen atoms in total. The maximum atomic E-state index is 2.27. The van der Waals surface area contributed by atoms with Gasteiger partial charge in [-0.2, -0.15) is 0 Å². The zero-order valence-electron chi connectivity index (χ0n) is 12.2. The highest BCUT2D eigenvalue weighted by atomic mass is 15.1. The standard InChI is InChI=1S/C20H19N/c1-21-14-12-17(13-15-21)16-20(18-8-4-2-5-9-18)19-10-6-3-7-11-19/h2-14,16H,15H2,1H3. The van der Waals surface area contributed by atoms with Gasteiger partial charge in [0, 0.05) is 13.6 Å². The molecule has 1 heteroatoms. The summed E-state index contributed by atoms with van der Waals surface area (Å²) in [6.07, 6.45) is 8.81. The van der Waals surface area contributed by atoms with Gasteiger partial charge in [-0.1, -0.05) is 66.7 Å². The Kier molecular flexibility index (Phi) is 4.02. The van der Waals surface area contributed by atoms with Crippen LogP contribution in [0.3, 0.4) is 0 Å². The number of rotatable bonds is 3. The molecule has 104 valence electrons. The maximum absolute atomic E-state index is 2.27. The van der Waals surface area contributed by atoms with E-state index in [0.717, 1.165) is 6.54 Å². The van der Waals surface area contributed by atoms with Crippen molar-refractivity contribution in [3.05, 3.63) is 102 Å². The number of likely N-dealkylation sites (N-methyl/N-ethyl adjacent to an activating group) is 1. The Morgan fingerprint density at radius 1 is 0.905 bits per heavy atom. The molecule has 1 aliphatic rings. The van der Waals surface area contributed by atoms with Crippen LogP contribution in [-0.4, -0.2) is 18.5 Å². The van der Waals surface area contributed by atoms with E-state index < -0.39 is 0 Å². The van der Waals surface area contributed by atoms with Gasteiger partial charge in [0.15, 0.2) is 0 Å². The van der Waals surface area contributed by atoms with Crippen LogP contribution in [0, 0.1) is 0 Å². The molecular formula is C20H19N. The van der Waals surface area contributed by atoms with Gasteiger partial charge in [-0.25, -0.2) is 0 Å². The van der Waals surface area contributed by atoms with E-state index in [1.807, 2.05) is 0 Å². The highest BCUT2D eigenvalue weighted by Crippen LogP contribution is 2.25. The van der Waals surface area contributed by atoms with Crippen LogP contribution in [-0.2, 0) is 0 Å². The summed E-state index contributed by atoms with van der Waals surface area (Å²) in [6.45, 7) is 0.958. The highest BCUT2D eigenvalue weighted by Gasteiger charge is 2.06. The number of nitrogens with zero attached hydrogens (tertiary/aromatic N) is 1. The Bertz CT molecular complexity index is 637. The van der Waals surface area contributed by atoms with E-state index in [9.17, 15) is 0 Å². The molecule has 0 atom stereocenters. The normalized spacial score (nSPS) is 13.8. The topological polar surface area (TPSA) is 3.24 Å². The Labute approximate surface area is 126 Å². The Morgan fingerprint density at radius 3 is 1.95 bits per heavy atom. The predicted molar refractivity (Wildman–Crippen MR) is 89.8 cm³/mol. The second-order valence-corrected chi connectivity index (χ2v) is 5.25. The lowest BCUT2D eigenvalue weighted by atomic mass is 9.95. The lowest BCUT2D eigenvalue weighted by Crippen LogP contribution is -2.13. The Morgan fingerprint density at radius 2 is 1.48 bits per heavy atom. The molecule has 0 radical (unpaired) electrons. The summed E-state index contributed by atoms with van der Waals surface area (Å²) in [7, 11) is 2.09. The number of allylic oxidation sites excluding steroid dienone is 3. The molecular weight excluding hydrogens is 254 g/mol. The van der Waals surface area contributed by atoms with Gasteiger partial charge >= 0.3 is 0 Å². The number of hydrogen-bond donors (Lipinski definition) is 0. The van der Waals surface area contributed by atoms with Gasteiger partial charge in [0.2, 0.25) is 0 Å². The molecule has 0 aromatic heterocycles. The van der Waals surface area contributed by atoms with Crippen LogP contribution in [0.15, 0.2) is 90.7 Å². The molecule has 0 bridgehead atoms. The molecule has 0 unspecified atom stereocenters. The second kappa shape index (κ2) is 6.27. The van der Waals surface area contributed by atoms with Crippen molar-refractivity contribution in [2.24, 2.45) is 0 Å². The third-order valence-electron chi connectivity index (χ3n) is 3.62. The van der Waals surface area contributed by atoms with Crippen molar-refractivity contribution < 1.29 is 0 Å². The fourth-order valence-corrected chi connectivity index (χ4v) is 2.43. The van der Waals surface area contributed by atoms with Gasteiger partial charge < -0.3 is 4.90 Å². The van der Waals surface area contributed by atoms with Gasteiger partial charge in [-0.05, 0) is 40.6 Å². The first-order valence-electron chi connectivity index (χ1n) is 7.24. The van der Waals surface area contributed by atoms with Crippen molar-refractivity contribution >= 4 is 5.57 Å². The molecule has 1 aliphatic heterocycles. The Balaban J connectivity index is 2.03. The quantitative estimate of drug-likeness (QED) is 0.795. The van der Waals surface area contributed by atoms with Crippen molar-refractivity contribution in [2.45, 2.75) is 0 Å². The average Bonchev–Trinajstić information content (AvgIpc) is 2.56. The van der Waals surface area contributed by atoms with E-state index in [1.54, 1.807) is 0 Å². The van der Waals surface area contributed by atoms with Crippen molar-refractivity contribution in [3.8, 4) is 0 Å². The summed E-state index contributed by atoms with van der Waals surface area (Å²) in [4.78, 5) is 2.17. The van der Waals surface area contributed by atoms with Gasteiger partial charge in [0.25, 0.3) is 0 Å². The van der Waals surface area contributed by atoms with Crippen LogP contribution in [0.4, 0.5) is 0 Å². The monoisotopic (exact) mass is 273 g/mol. The molecule has 0 fully saturated rings. The molecule has 2 aromatic carbocycles. The first-order valence-corrected chi connectivity index (χ1v) is 7.24. The van der Waals surface area contributed by atoms with E-state index in [1.165, 1.54) is 22.3 Å². The van der Waals surface area contributed by atoms with Crippen LogP contribution in [0.1, 0.15) is 11.1 Å². The predicted octanol–water partition coefficient (Wildman–Crippen LogP) is 4.50. The third-order valence-corrected chi connectivity index (χ3v) is 3.62. The van der Waals surface area contributed by atoms with E-state index in [4.69, 9.17) is 0 Å².